The number of amides is 4. The Bertz CT molecular complexity index is 2420. The highest BCUT2D eigenvalue weighted by Crippen LogP contribution is 2.42. The summed E-state index contributed by atoms with van der Waals surface area (Å²) >= 11 is 25.2. The number of ether oxygens (including phenoxy) is 4. The Morgan fingerprint density at radius 3 is 1.35 bits per heavy atom. The smallest absolute Gasteiger partial charge is 0.414 e. The monoisotopic (exact) mass is 995 g/mol. The molecule has 0 saturated carbocycles. The zero-order valence-corrected chi connectivity index (χ0v) is 39.1. The van der Waals surface area contributed by atoms with Crippen molar-refractivity contribution in [3.05, 3.63) is 91.9 Å². The average Bonchev–Trinajstić information content (AvgIpc) is 3.25. The second-order valence-corrected chi connectivity index (χ2v) is 15.8. The molecule has 4 amide bonds. The maximum atomic E-state index is 12.9. The molecule has 354 valence electrons. The molecule has 0 bridgehead atoms. The van der Waals surface area contributed by atoms with E-state index in [-0.39, 0.29) is 96.2 Å². The predicted molar refractivity (Wildman–Crippen MR) is 245 cm³/mol. The summed E-state index contributed by atoms with van der Waals surface area (Å²) in [6, 6.07) is 13.5. The molecule has 4 N–H and O–H groups in total. The summed E-state index contributed by atoms with van der Waals surface area (Å²) < 4.78 is 21.3. The second-order valence-electron chi connectivity index (χ2n) is 14.2. The first-order chi connectivity index (χ1) is 31.1. The van der Waals surface area contributed by atoms with Crippen molar-refractivity contribution in [3.8, 4) is 34.5 Å². The first-order valence-electron chi connectivity index (χ1n) is 19.7. The van der Waals surface area contributed by atoms with Gasteiger partial charge in [0.15, 0.2) is 11.5 Å². The molecule has 0 aliphatic carbocycles. The molecule has 0 unspecified atom stereocenters. The van der Waals surface area contributed by atoms with Gasteiger partial charge >= 0.3 is 24.1 Å². The summed E-state index contributed by atoms with van der Waals surface area (Å²) in [5, 5.41) is 38.4. The number of carbonyl (C=O) groups is 6. The number of aromatic hydroxyl groups is 2. The molecule has 1 fully saturated rings. The van der Waals surface area contributed by atoms with Crippen molar-refractivity contribution in [2.45, 2.75) is 13.8 Å². The van der Waals surface area contributed by atoms with Crippen LogP contribution in [0.25, 0.3) is 0 Å². The van der Waals surface area contributed by atoms with Crippen LogP contribution >= 0.6 is 46.4 Å². The van der Waals surface area contributed by atoms with Gasteiger partial charge in [-0.05, 0) is 81.6 Å². The van der Waals surface area contributed by atoms with Gasteiger partial charge in [-0.2, -0.15) is 0 Å². The van der Waals surface area contributed by atoms with Crippen LogP contribution in [0.1, 0.15) is 34.6 Å². The van der Waals surface area contributed by atoms with Gasteiger partial charge in [0.25, 0.3) is 11.8 Å². The summed E-state index contributed by atoms with van der Waals surface area (Å²) in [5.41, 5.74) is 0.286. The van der Waals surface area contributed by atoms with Gasteiger partial charge in [-0.25, -0.2) is 9.59 Å². The standard InChI is InChI=1S/C23H25Cl2N3O7.C20H20Cl2N2O7/c1-3-34-23(33)28(13-20(30)31)14-10-17(24)21(18(25)11-14)35-15-4-5-19(29)16(12-15)22(32)27-8-6-26(2)7-9-27;1-4-30-20(29)24(10-17(26)27)11-7-14(21)18(15(22)8-11)31-12-5-6-16(25)13(9-12)19(28)23(2)3/h4-5,10-12,29H,3,6-9,13H2,1-2H3,(H,30,31);5-9,25H,4,10H2,1-3H3,(H,26,27). The molecule has 0 aromatic heterocycles. The van der Waals surface area contributed by atoms with Crippen LogP contribution < -0.4 is 19.3 Å². The van der Waals surface area contributed by atoms with Crippen molar-refractivity contribution >= 4 is 93.7 Å². The highest BCUT2D eigenvalue weighted by Gasteiger charge is 2.27. The number of phenolic OH excluding ortho intramolecular Hbond substituents is 2. The van der Waals surface area contributed by atoms with E-state index in [9.17, 15) is 39.0 Å². The van der Waals surface area contributed by atoms with Crippen molar-refractivity contribution in [2.75, 3.05) is 83.4 Å². The number of hydrogen-bond donors (Lipinski definition) is 4. The topological polar surface area (TPSA) is 236 Å². The van der Waals surface area contributed by atoms with E-state index in [0.29, 0.717) is 13.1 Å². The van der Waals surface area contributed by atoms with Crippen molar-refractivity contribution in [3.63, 3.8) is 0 Å². The number of benzene rings is 4. The van der Waals surface area contributed by atoms with Crippen molar-refractivity contribution < 1.29 is 68.1 Å². The van der Waals surface area contributed by atoms with E-state index in [1.165, 1.54) is 79.7 Å². The molecule has 4 aromatic carbocycles. The van der Waals surface area contributed by atoms with E-state index < -0.39 is 43.1 Å². The number of likely N-dealkylation sites (N-methyl/N-ethyl adjacent to an activating group) is 1. The van der Waals surface area contributed by atoms with E-state index in [1.54, 1.807) is 18.7 Å². The maximum Gasteiger partial charge on any atom is 0.414 e. The first kappa shape index (κ1) is 52.2. The van der Waals surface area contributed by atoms with Crippen LogP contribution in [-0.4, -0.2) is 145 Å². The lowest BCUT2D eigenvalue weighted by Crippen LogP contribution is -2.47. The minimum atomic E-state index is -1.26. The summed E-state index contributed by atoms with van der Waals surface area (Å²) in [6.07, 6.45) is -1.75. The molecule has 1 heterocycles. The van der Waals surface area contributed by atoms with Crippen LogP contribution in [0.4, 0.5) is 21.0 Å². The summed E-state index contributed by atoms with van der Waals surface area (Å²) in [6.45, 7) is 4.46. The quantitative estimate of drug-likeness (QED) is 0.0932. The fourth-order valence-electron chi connectivity index (χ4n) is 5.95. The molecule has 1 saturated heterocycles. The number of halogens is 4. The normalized spacial score (nSPS) is 12.2. The number of carbonyl (C=O) groups excluding carboxylic acids is 4. The van der Waals surface area contributed by atoms with Crippen molar-refractivity contribution in [2.24, 2.45) is 0 Å². The Hall–Kier alpha value is -6.38. The van der Waals surface area contributed by atoms with E-state index in [0.717, 1.165) is 22.9 Å². The van der Waals surface area contributed by atoms with E-state index >= 15 is 0 Å². The number of phenols is 2. The zero-order chi connectivity index (χ0) is 49.0. The number of carboxylic acid groups (broad SMARTS) is 2. The zero-order valence-electron chi connectivity index (χ0n) is 36.0. The van der Waals surface area contributed by atoms with Crippen LogP contribution in [0.3, 0.4) is 0 Å². The third-order valence-corrected chi connectivity index (χ3v) is 10.3. The Morgan fingerprint density at radius 2 is 0.985 bits per heavy atom. The summed E-state index contributed by atoms with van der Waals surface area (Å²) in [7, 11) is 5.04. The first-order valence-corrected chi connectivity index (χ1v) is 21.2. The van der Waals surface area contributed by atoms with Gasteiger partial charge in [-0.3, -0.25) is 29.0 Å². The second kappa shape index (κ2) is 23.7. The van der Waals surface area contributed by atoms with Crippen LogP contribution in [0, 0.1) is 0 Å². The number of carboxylic acids is 2. The van der Waals surface area contributed by atoms with Gasteiger partial charge in [-0.1, -0.05) is 46.4 Å². The molecule has 0 radical (unpaired) electrons. The minimum Gasteiger partial charge on any atom is -0.507 e. The molecule has 23 heteroatoms. The van der Waals surface area contributed by atoms with Crippen molar-refractivity contribution in [1.29, 1.82) is 0 Å². The van der Waals surface area contributed by atoms with Crippen LogP contribution in [0.2, 0.25) is 20.1 Å². The molecule has 0 atom stereocenters. The van der Waals surface area contributed by atoms with E-state index in [1.807, 2.05) is 7.05 Å². The molecular weight excluding hydrogens is 952 g/mol. The SMILES string of the molecule is CCOC(=O)N(CC(=O)O)c1cc(Cl)c(Oc2ccc(O)c(C(=O)N(C)C)c2)c(Cl)c1.CCOC(=O)N(CC(=O)O)c1cc(Cl)c(Oc2ccc(O)c(C(=O)N3CCN(C)CC3)c2)c(Cl)c1. The average molecular weight is 998 g/mol. The number of hydrogen-bond acceptors (Lipinski definition) is 13. The number of nitrogens with zero attached hydrogens (tertiary/aromatic N) is 5. The molecule has 66 heavy (non-hydrogen) atoms. The Morgan fingerprint density at radius 1 is 0.606 bits per heavy atom. The number of aliphatic carboxylic acids is 2. The largest absolute Gasteiger partial charge is 0.507 e. The van der Waals surface area contributed by atoms with Gasteiger partial charge in [0.1, 0.15) is 36.1 Å². The predicted octanol–water partition coefficient (Wildman–Crippen LogP) is 8.17. The lowest BCUT2D eigenvalue weighted by atomic mass is 10.1. The molecular formula is C43H45Cl4N5O14. The molecule has 5 rings (SSSR count). The van der Waals surface area contributed by atoms with E-state index in [2.05, 4.69) is 4.90 Å². The third kappa shape index (κ3) is 13.8. The Labute approximate surface area is 398 Å². The fourth-order valence-corrected chi connectivity index (χ4v) is 7.06. The third-order valence-electron chi connectivity index (χ3n) is 9.19. The number of rotatable bonds is 14. The van der Waals surface area contributed by atoms with Crippen LogP contribution in [0.15, 0.2) is 60.7 Å². The minimum absolute atomic E-state index is 0.00722. The van der Waals surface area contributed by atoms with Crippen LogP contribution in [-0.2, 0) is 19.1 Å². The molecule has 4 aromatic rings. The van der Waals surface area contributed by atoms with Gasteiger partial charge in [-0.15, -0.1) is 0 Å². The van der Waals surface area contributed by atoms with Gasteiger partial charge < -0.3 is 54.1 Å². The molecule has 1 aliphatic heterocycles. The molecule has 1 aliphatic rings. The molecule has 19 nitrogen and oxygen atoms in total. The van der Waals surface area contributed by atoms with Crippen molar-refractivity contribution in [1.82, 2.24) is 14.7 Å². The lowest BCUT2D eigenvalue weighted by molar-refractivity contribution is -0.136. The van der Waals surface area contributed by atoms with E-state index in [4.69, 9.17) is 75.6 Å². The van der Waals surface area contributed by atoms with Crippen LogP contribution in [0.5, 0.6) is 34.5 Å². The highest BCUT2D eigenvalue weighted by atomic mass is 35.5. The van der Waals surface area contributed by atoms with Gasteiger partial charge in [0.2, 0.25) is 0 Å². The maximum absolute atomic E-state index is 12.9. The lowest BCUT2D eigenvalue weighted by Gasteiger charge is -2.32. The Balaban J connectivity index is 0.000000291. The van der Waals surface area contributed by atoms with Gasteiger partial charge in [0, 0.05) is 40.3 Å². The van der Waals surface area contributed by atoms with Gasteiger partial charge in [0.05, 0.1) is 55.8 Å². The molecule has 0 spiro atoms. The summed E-state index contributed by atoms with van der Waals surface area (Å²) in [5.74, 6) is -3.28. The summed E-state index contributed by atoms with van der Waals surface area (Å²) in [4.78, 5) is 78.6. The fraction of sp³-hybridized carbons (Fsp3) is 0.302. The number of anilines is 2. The highest BCUT2D eigenvalue weighted by molar-refractivity contribution is 6.38. The number of piperazine rings is 1. The Kier molecular flexibility index (Phi) is 18.8.